The highest BCUT2D eigenvalue weighted by Crippen LogP contribution is 2.10. The standard InChI is InChI=1S/C13H16F2N2O3S/c14-13(15)10-20-8-7-17-21(18,19)12-5-1-3-11(9-12)4-2-6-16/h1,3,5,9,13,17H,6-8,10,16H2. The van der Waals surface area contributed by atoms with Crippen LogP contribution >= 0.6 is 0 Å². The van der Waals surface area contributed by atoms with Gasteiger partial charge in [-0.25, -0.2) is 21.9 Å². The van der Waals surface area contributed by atoms with E-state index in [1.165, 1.54) is 12.1 Å². The molecular formula is C13H16F2N2O3S. The quantitative estimate of drug-likeness (QED) is 0.568. The molecule has 0 amide bonds. The second kappa shape index (κ2) is 8.69. The molecule has 1 aromatic rings. The van der Waals surface area contributed by atoms with E-state index in [9.17, 15) is 17.2 Å². The summed E-state index contributed by atoms with van der Waals surface area (Å²) >= 11 is 0. The fourth-order valence-corrected chi connectivity index (χ4v) is 2.46. The monoisotopic (exact) mass is 318 g/mol. The fourth-order valence-electron chi connectivity index (χ4n) is 1.40. The van der Waals surface area contributed by atoms with Crippen molar-refractivity contribution >= 4 is 10.0 Å². The summed E-state index contributed by atoms with van der Waals surface area (Å²) in [5, 5.41) is 0. The Bertz CT molecular complexity index is 609. The van der Waals surface area contributed by atoms with Crippen molar-refractivity contribution in [2.75, 3.05) is 26.3 Å². The normalized spacial score (nSPS) is 11.2. The smallest absolute Gasteiger partial charge is 0.261 e. The van der Waals surface area contributed by atoms with Gasteiger partial charge in [-0.2, -0.15) is 0 Å². The molecule has 0 unspecified atom stereocenters. The number of halogens is 2. The largest absolute Gasteiger partial charge is 0.374 e. The second-order valence-electron chi connectivity index (χ2n) is 3.90. The predicted molar refractivity (Wildman–Crippen MR) is 74.4 cm³/mol. The van der Waals surface area contributed by atoms with Gasteiger partial charge in [0.15, 0.2) is 0 Å². The van der Waals surface area contributed by atoms with Crippen LogP contribution in [0.25, 0.3) is 0 Å². The van der Waals surface area contributed by atoms with E-state index in [0.717, 1.165) is 0 Å². The van der Waals surface area contributed by atoms with Crippen molar-refractivity contribution in [2.45, 2.75) is 11.3 Å². The van der Waals surface area contributed by atoms with Gasteiger partial charge in [0.2, 0.25) is 10.0 Å². The molecule has 0 bridgehead atoms. The molecule has 0 radical (unpaired) electrons. The third-order valence-corrected chi connectivity index (χ3v) is 3.72. The molecule has 5 nitrogen and oxygen atoms in total. The first-order chi connectivity index (χ1) is 9.95. The molecule has 0 atom stereocenters. The Balaban J connectivity index is 2.61. The molecule has 0 saturated heterocycles. The number of hydrogen-bond donors (Lipinski definition) is 2. The number of hydrogen-bond acceptors (Lipinski definition) is 4. The summed E-state index contributed by atoms with van der Waals surface area (Å²) < 4.78 is 54.4. The first-order valence-electron chi connectivity index (χ1n) is 6.10. The van der Waals surface area contributed by atoms with E-state index in [1.807, 2.05) is 0 Å². The van der Waals surface area contributed by atoms with E-state index < -0.39 is 23.1 Å². The number of benzene rings is 1. The third-order valence-electron chi connectivity index (χ3n) is 2.26. The lowest BCUT2D eigenvalue weighted by Gasteiger charge is -2.07. The van der Waals surface area contributed by atoms with Crippen molar-refractivity contribution in [1.29, 1.82) is 0 Å². The summed E-state index contributed by atoms with van der Waals surface area (Å²) in [5.41, 5.74) is 5.77. The molecule has 0 aliphatic heterocycles. The Morgan fingerprint density at radius 3 is 2.81 bits per heavy atom. The molecule has 0 aromatic heterocycles. The van der Waals surface area contributed by atoms with Crippen molar-refractivity contribution in [3.05, 3.63) is 29.8 Å². The molecule has 0 saturated carbocycles. The first kappa shape index (κ1) is 17.5. The van der Waals surface area contributed by atoms with E-state index in [-0.39, 0.29) is 24.6 Å². The number of sulfonamides is 1. The Hall–Kier alpha value is -1.53. The molecule has 0 spiro atoms. The van der Waals surface area contributed by atoms with Crippen LogP contribution in [0.5, 0.6) is 0 Å². The topological polar surface area (TPSA) is 81.4 Å². The zero-order chi connectivity index (χ0) is 15.7. The highest BCUT2D eigenvalue weighted by molar-refractivity contribution is 7.89. The van der Waals surface area contributed by atoms with Crippen LogP contribution < -0.4 is 10.5 Å². The maximum absolute atomic E-state index is 12.0. The highest BCUT2D eigenvalue weighted by atomic mass is 32.2. The van der Waals surface area contributed by atoms with Crippen molar-refractivity contribution < 1.29 is 21.9 Å². The maximum atomic E-state index is 12.0. The van der Waals surface area contributed by atoms with Crippen LogP contribution in [-0.2, 0) is 14.8 Å². The minimum absolute atomic E-state index is 0.0418. The molecule has 3 N–H and O–H groups in total. The van der Waals surface area contributed by atoms with E-state index in [2.05, 4.69) is 21.3 Å². The minimum Gasteiger partial charge on any atom is -0.374 e. The molecule has 0 aliphatic rings. The lowest BCUT2D eigenvalue weighted by Crippen LogP contribution is -2.28. The van der Waals surface area contributed by atoms with Gasteiger partial charge in [0.25, 0.3) is 6.43 Å². The van der Waals surface area contributed by atoms with Crippen molar-refractivity contribution in [1.82, 2.24) is 4.72 Å². The third kappa shape index (κ3) is 6.64. The average Bonchev–Trinajstić information content (AvgIpc) is 2.44. The van der Waals surface area contributed by atoms with Gasteiger partial charge in [0.1, 0.15) is 6.61 Å². The Kier molecular flexibility index (Phi) is 7.25. The van der Waals surface area contributed by atoms with Gasteiger partial charge in [-0.3, -0.25) is 0 Å². The van der Waals surface area contributed by atoms with E-state index in [0.29, 0.717) is 5.56 Å². The van der Waals surface area contributed by atoms with Crippen LogP contribution in [0.15, 0.2) is 29.2 Å². The summed E-state index contributed by atoms with van der Waals surface area (Å²) in [6.45, 7) is -0.757. The summed E-state index contributed by atoms with van der Waals surface area (Å²) in [6.07, 6.45) is -2.57. The van der Waals surface area contributed by atoms with Crippen LogP contribution in [0.4, 0.5) is 8.78 Å². The zero-order valence-electron chi connectivity index (χ0n) is 11.2. The maximum Gasteiger partial charge on any atom is 0.261 e. The minimum atomic E-state index is -3.73. The van der Waals surface area contributed by atoms with Gasteiger partial charge < -0.3 is 10.5 Å². The Labute approximate surface area is 122 Å². The number of nitrogens with one attached hydrogen (secondary N) is 1. The summed E-state index contributed by atoms with van der Waals surface area (Å²) in [4.78, 5) is 0.0418. The molecule has 8 heteroatoms. The number of alkyl halides is 2. The van der Waals surface area contributed by atoms with Crippen LogP contribution in [0.3, 0.4) is 0 Å². The predicted octanol–water partition coefficient (Wildman–Crippen LogP) is 0.557. The van der Waals surface area contributed by atoms with Crippen LogP contribution in [0.1, 0.15) is 5.56 Å². The molecular weight excluding hydrogens is 302 g/mol. The van der Waals surface area contributed by atoms with Crippen molar-refractivity contribution in [2.24, 2.45) is 5.73 Å². The van der Waals surface area contributed by atoms with Crippen molar-refractivity contribution in [3.63, 3.8) is 0 Å². The van der Waals surface area contributed by atoms with Gasteiger partial charge in [0, 0.05) is 12.1 Å². The van der Waals surface area contributed by atoms with Crippen molar-refractivity contribution in [3.8, 4) is 11.8 Å². The van der Waals surface area contributed by atoms with Crippen LogP contribution in [0.2, 0.25) is 0 Å². The first-order valence-corrected chi connectivity index (χ1v) is 7.58. The van der Waals surface area contributed by atoms with Crippen LogP contribution in [-0.4, -0.2) is 41.1 Å². The lowest BCUT2D eigenvalue weighted by molar-refractivity contribution is 0.0199. The number of nitrogens with two attached hydrogens (primary N) is 1. The Morgan fingerprint density at radius 1 is 1.38 bits per heavy atom. The van der Waals surface area contributed by atoms with Gasteiger partial charge in [0.05, 0.1) is 18.0 Å². The summed E-state index contributed by atoms with van der Waals surface area (Å²) in [5.74, 6) is 5.36. The van der Waals surface area contributed by atoms with Crippen LogP contribution in [0, 0.1) is 11.8 Å². The summed E-state index contributed by atoms with van der Waals surface area (Å²) in [7, 11) is -3.73. The molecule has 116 valence electrons. The van der Waals surface area contributed by atoms with Gasteiger partial charge >= 0.3 is 0 Å². The molecule has 1 aromatic carbocycles. The number of rotatable bonds is 7. The Morgan fingerprint density at radius 2 is 2.14 bits per heavy atom. The molecule has 1 rings (SSSR count). The molecule has 21 heavy (non-hydrogen) atoms. The summed E-state index contributed by atoms with van der Waals surface area (Å²) in [6, 6.07) is 6.04. The average molecular weight is 318 g/mol. The second-order valence-corrected chi connectivity index (χ2v) is 5.66. The molecule has 0 aliphatic carbocycles. The zero-order valence-corrected chi connectivity index (χ0v) is 12.0. The number of ether oxygens (including phenoxy) is 1. The van der Waals surface area contributed by atoms with E-state index in [1.54, 1.807) is 12.1 Å². The fraction of sp³-hybridized carbons (Fsp3) is 0.385. The SMILES string of the molecule is NCC#Cc1cccc(S(=O)(=O)NCCOCC(F)F)c1. The molecule has 0 heterocycles. The van der Waals surface area contributed by atoms with E-state index >= 15 is 0 Å². The van der Waals surface area contributed by atoms with Gasteiger partial charge in [-0.1, -0.05) is 17.9 Å². The van der Waals surface area contributed by atoms with Gasteiger partial charge in [-0.05, 0) is 18.2 Å². The lowest BCUT2D eigenvalue weighted by atomic mass is 10.2. The highest BCUT2D eigenvalue weighted by Gasteiger charge is 2.13. The van der Waals surface area contributed by atoms with E-state index in [4.69, 9.17) is 5.73 Å². The van der Waals surface area contributed by atoms with Gasteiger partial charge in [-0.15, -0.1) is 0 Å². The molecule has 0 fully saturated rings.